The number of hydrogen-bond donors (Lipinski definition) is 3. The summed E-state index contributed by atoms with van der Waals surface area (Å²) in [6.07, 6.45) is 2.67. The molecule has 8 heteroatoms. The largest absolute Gasteiger partial charge is 0.449 e. The monoisotopic (exact) mass is 552 g/mol. The van der Waals surface area contributed by atoms with Gasteiger partial charge in [0.2, 0.25) is 5.91 Å². The minimum Gasteiger partial charge on any atom is -0.449 e. The lowest BCUT2D eigenvalue weighted by atomic mass is 9.95. The smallest absolute Gasteiger partial charge is 0.411 e. The van der Waals surface area contributed by atoms with E-state index in [-0.39, 0.29) is 36.6 Å². The minimum absolute atomic E-state index is 0.0225. The Morgan fingerprint density at radius 1 is 1.00 bits per heavy atom. The molecule has 4 aromatic rings. The van der Waals surface area contributed by atoms with E-state index in [0.29, 0.717) is 29.7 Å². The lowest BCUT2D eigenvalue weighted by Gasteiger charge is -2.28. The number of nitrogens with zero attached hydrogens (tertiary/aromatic N) is 1. The van der Waals surface area contributed by atoms with Crippen molar-refractivity contribution in [1.82, 2.24) is 9.88 Å². The predicted octanol–water partition coefficient (Wildman–Crippen LogP) is 5.96. The maximum atomic E-state index is 13.3. The van der Waals surface area contributed by atoms with Crippen LogP contribution >= 0.6 is 0 Å². The molecule has 3 N–H and O–H groups in total. The average Bonchev–Trinajstić information content (AvgIpc) is 3.35. The molecule has 2 unspecified atom stereocenters. The molecular weight excluding hydrogens is 516 g/mol. The number of aryl methyl sites for hydroxylation is 2. The number of amides is 2. The van der Waals surface area contributed by atoms with Crippen LogP contribution in [0.5, 0.6) is 0 Å². The zero-order chi connectivity index (χ0) is 28.9. The van der Waals surface area contributed by atoms with E-state index in [9.17, 15) is 14.4 Å². The molecule has 2 atom stereocenters. The molecule has 8 nitrogen and oxygen atoms in total. The Bertz CT molecular complexity index is 1610. The number of pyridine rings is 1. The van der Waals surface area contributed by atoms with Gasteiger partial charge in [0.15, 0.2) is 0 Å². The van der Waals surface area contributed by atoms with Crippen LogP contribution in [0.3, 0.4) is 0 Å². The number of benzene rings is 3. The molecule has 41 heavy (non-hydrogen) atoms. The summed E-state index contributed by atoms with van der Waals surface area (Å²) in [6, 6.07) is 21.0. The summed E-state index contributed by atoms with van der Waals surface area (Å²) >= 11 is 0. The number of rotatable bonds is 8. The quantitative estimate of drug-likeness (QED) is 0.250. The van der Waals surface area contributed by atoms with Gasteiger partial charge in [-0.15, -0.1) is 0 Å². The molecule has 0 bridgehead atoms. The van der Waals surface area contributed by atoms with Crippen LogP contribution in [0.1, 0.15) is 41.6 Å². The molecule has 1 aliphatic heterocycles. The van der Waals surface area contributed by atoms with Gasteiger partial charge in [0.25, 0.3) is 5.56 Å². The van der Waals surface area contributed by atoms with Gasteiger partial charge in [-0.05, 0) is 84.2 Å². The van der Waals surface area contributed by atoms with Crippen molar-refractivity contribution in [2.45, 2.75) is 39.7 Å². The van der Waals surface area contributed by atoms with Crippen LogP contribution in [0.2, 0.25) is 0 Å². The van der Waals surface area contributed by atoms with Crippen LogP contribution in [0, 0.1) is 19.8 Å². The topological polar surface area (TPSA) is 104 Å². The lowest BCUT2D eigenvalue weighted by molar-refractivity contribution is -0.130. The molecule has 1 aromatic heterocycles. The van der Waals surface area contributed by atoms with Gasteiger partial charge in [-0.2, -0.15) is 0 Å². The van der Waals surface area contributed by atoms with Gasteiger partial charge in [0.05, 0.1) is 19.2 Å². The van der Waals surface area contributed by atoms with E-state index in [1.54, 1.807) is 12.3 Å². The number of ether oxygens (including phenoxy) is 1. The Kier molecular flexibility index (Phi) is 8.38. The minimum atomic E-state index is -0.501. The second kappa shape index (κ2) is 12.3. The third-order valence-electron chi connectivity index (χ3n) is 7.94. The number of H-pyrrole nitrogens is 1. The van der Waals surface area contributed by atoms with Gasteiger partial charge < -0.3 is 19.9 Å². The number of likely N-dealkylation sites (tertiary alicyclic amines) is 1. The molecule has 5 rings (SSSR count). The Labute approximate surface area is 239 Å². The molecule has 0 saturated carbocycles. The molecule has 2 amide bonds. The number of anilines is 2. The lowest BCUT2D eigenvalue weighted by Crippen LogP contribution is -2.36. The molecule has 1 saturated heterocycles. The summed E-state index contributed by atoms with van der Waals surface area (Å²) in [7, 11) is 0. The van der Waals surface area contributed by atoms with Crippen molar-refractivity contribution >= 4 is 34.1 Å². The van der Waals surface area contributed by atoms with E-state index in [1.807, 2.05) is 53.4 Å². The summed E-state index contributed by atoms with van der Waals surface area (Å²) < 4.78 is 5.47. The molecule has 2 heterocycles. The highest BCUT2D eigenvalue weighted by atomic mass is 16.5. The molecule has 0 radical (unpaired) electrons. The maximum Gasteiger partial charge on any atom is 0.411 e. The number of aromatic nitrogens is 1. The average molecular weight is 553 g/mol. The van der Waals surface area contributed by atoms with Gasteiger partial charge in [0.1, 0.15) is 0 Å². The molecule has 0 spiro atoms. The molecular formula is C33H36N4O4. The van der Waals surface area contributed by atoms with Crippen molar-refractivity contribution in [2.75, 3.05) is 30.3 Å². The third-order valence-corrected chi connectivity index (χ3v) is 7.94. The molecule has 1 aliphatic rings. The number of hydrogen-bond acceptors (Lipinski definition) is 5. The summed E-state index contributed by atoms with van der Waals surface area (Å²) in [4.78, 5) is 42.6. The molecule has 3 aromatic carbocycles. The van der Waals surface area contributed by atoms with Crippen molar-refractivity contribution in [3.8, 4) is 0 Å². The first-order valence-electron chi connectivity index (χ1n) is 14.0. The van der Waals surface area contributed by atoms with Crippen molar-refractivity contribution < 1.29 is 14.3 Å². The summed E-state index contributed by atoms with van der Waals surface area (Å²) in [5.74, 6) is 0.239. The van der Waals surface area contributed by atoms with E-state index < -0.39 is 6.09 Å². The Morgan fingerprint density at radius 2 is 1.78 bits per heavy atom. The van der Waals surface area contributed by atoms with Crippen molar-refractivity contribution in [3.05, 3.63) is 106 Å². The summed E-state index contributed by atoms with van der Waals surface area (Å²) in [6.45, 7) is 7.33. The van der Waals surface area contributed by atoms with Crippen LogP contribution in [-0.4, -0.2) is 41.6 Å². The molecule has 0 aliphatic carbocycles. The Balaban J connectivity index is 1.20. The fourth-order valence-electron chi connectivity index (χ4n) is 5.75. The van der Waals surface area contributed by atoms with E-state index in [4.69, 9.17) is 4.74 Å². The van der Waals surface area contributed by atoms with Crippen LogP contribution in [0.4, 0.5) is 16.2 Å². The van der Waals surface area contributed by atoms with Crippen molar-refractivity contribution in [2.24, 2.45) is 5.92 Å². The Morgan fingerprint density at radius 3 is 2.59 bits per heavy atom. The second-order valence-corrected chi connectivity index (χ2v) is 10.8. The highest BCUT2D eigenvalue weighted by Gasteiger charge is 2.35. The van der Waals surface area contributed by atoms with Gasteiger partial charge in [-0.25, -0.2) is 4.79 Å². The van der Waals surface area contributed by atoms with Crippen LogP contribution in [-0.2, 0) is 16.0 Å². The zero-order valence-electron chi connectivity index (χ0n) is 23.7. The van der Waals surface area contributed by atoms with Crippen LogP contribution in [0.15, 0.2) is 77.7 Å². The highest BCUT2D eigenvalue weighted by Crippen LogP contribution is 2.38. The van der Waals surface area contributed by atoms with Gasteiger partial charge in [-0.3, -0.25) is 14.9 Å². The van der Waals surface area contributed by atoms with Gasteiger partial charge in [0, 0.05) is 35.9 Å². The van der Waals surface area contributed by atoms with Crippen LogP contribution in [0.25, 0.3) is 10.8 Å². The standard InChI is InChI=1S/C33H36N4O4/c1-21-6-4-7-22(2)28(21)14-17-41-33(40)36-27-9-5-8-25(18-27)31-23(3)13-16-37(31)30(38)20-35-26-11-10-24-12-15-34-32(39)29(24)19-26/h4-12,15,18-19,23,31,35H,13-14,16-17,20H2,1-3H3,(H,34,39)(H,36,40). The number of carbonyl (C=O) groups is 2. The zero-order valence-corrected chi connectivity index (χ0v) is 23.7. The first-order chi connectivity index (χ1) is 19.8. The van der Waals surface area contributed by atoms with Crippen molar-refractivity contribution in [3.63, 3.8) is 0 Å². The SMILES string of the molecule is Cc1cccc(C)c1CCOC(=O)Nc1cccc(C2C(C)CCN2C(=O)CNc2ccc3cc[nH]c(=O)c3c2)c1. The number of aromatic amines is 1. The first-order valence-corrected chi connectivity index (χ1v) is 14.0. The van der Waals surface area contributed by atoms with Crippen molar-refractivity contribution in [1.29, 1.82) is 0 Å². The first kappa shape index (κ1) is 28.0. The van der Waals surface area contributed by atoms with E-state index >= 15 is 0 Å². The molecule has 212 valence electrons. The fourth-order valence-corrected chi connectivity index (χ4v) is 5.75. The normalized spacial score (nSPS) is 16.5. The summed E-state index contributed by atoms with van der Waals surface area (Å²) in [5, 5.41) is 7.45. The predicted molar refractivity (Wildman–Crippen MR) is 162 cm³/mol. The second-order valence-electron chi connectivity index (χ2n) is 10.8. The van der Waals surface area contributed by atoms with Gasteiger partial charge >= 0.3 is 6.09 Å². The van der Waals surface area contributed by atoms with E-state index in [0.717, 1.165) is 17.4 Å². The van der Waals surface area contributed by atoms with E-state index in [1.165, 1.54) is 16.7 Å². The molecule has 1 fully saturated rings. The number of carbonyl (C=O) groups excluding carboxylic acids is 2. The number of fused-ring (bicyclic) bond motifs is 1. The maximum absolute atomic E-state index is 13.3. The summed E-state index contributed by atoms with van der Waals surface area (Å²) in [5.41, 5.74) is 5.73. The van der Waals surface area contributed by atoms with Crippen LogP contribution < -0.4 is 16.2 Å². The van der Waals surface area contributed by atoms with E-state index in [2.05, 4.69) is 48.5 Å². The Hall–Kier alpha value is -4.59. The number of nitrogens with one attached hydrogen (secondary N) is 3. The highest BCUT2D eigenvalue weighted by molar-refractivity contribution is 5.87. The third kappa shape index (κ3) is 6.43. The fraction of sp³-hybridized carbons (Fsp3) is 0.303. The van der Waals surface area contributed by atoms with Gasteiger partial charge in [-0.1, -0.05) is 43.3 Å².